The van der Waals surface area contributed by atoms with Gasteiger partial charge in [0.25, 0.3) is 0 Å². The van der Waals surface area contributed by atoms with Gasteiger partial charge in [0, 0.05) is 18.2 Å². The summed E-state index contributed by atoms with van der Waals surface area (Å²) in [5.41, 5.74) is -0.0231. The van der Waals surface area contributed by atoms with E-state index in [-0.39, 0.29) is 30.2 Å². The predicted molar refractivity (Wildman–Crippen MR) is 73.5 cm³/mol. The molecule has 0 unspecified atom stereocenters. The molecule has 1 saturated carbocycles. The van der Waals surface area contributed by atoms with Gasteiger partial charge in [-0.3, -0.25) is 4.79 Å². The molecule has 0 aromatic heterocycles. The highest BCUT2D eigenvalue weighted by atomic mass is 19.1. The van der Waals surface area contributed by atoms with Crippen molar-refractivity contribution < 1.29 is 18.3 Å². The normalized spacial score (nSPS) is 21.5. The Morgan fingerprint density at radius 2 is 1.95 bits per heavy atom. The van der Waals surface area contributed by atoms with Crippen LogP contribution in [-0.4, -0.2) is 29.6 Å². The van der Waals surface area contributed by atoms with E-state index in [1.807, 2.05) is 0 Å². The van der Waals surface area contributed by atoms with E-state index in [1.54, 1.807) is 4.90 Å². The third-order valence-corrected chi connectivity index (χ3v) is 4.12. The zero-order valence-corrected chi connectivity index (χ0v) is 11.9. The molecular formula is C16H19F2NO2. The summed E-state index contributed by atoms with van der Waals surface area (Å²) in [6.07, 6.45) is 3.96. The number of benzene rings is 1. The van der Waals surface area contributed by atoms with Crippen molar-refractivity contribution in [3.63, 3.8) is 0 Å². The van der Waals surface area contributed by atoms with E-state index in [9.17, 15) is 13.6 Å². The molecule has 1 amide bonds. The fourth-order valence-electron chi connectivity index (χ4n) is 2.78. The lowest BCUT2D eigenvalue weighted by Crippen LogP contribution is -2.35. The molecule has 0 radical (unpaired) electrons. The van der Waals surface area contributed by atoms with Crippen molar-refractivity contribution in [2.45, 2.75) is 50.8 Å². The summed E-state index contributed by atoms with van der Waals surface area (Å²) < 4.78 is 33.0. The van der Waals surface area contributed by atoms with Crippen molar-refractivity contribution in [2.24, 2.45) is 0 Å². The van der Waals surface area contributed by atoms with Gasteiger partial charge in [0.2, 0.25) is 5.91 Å². The van der Waals surface area contributed by atoms with Gasteiger partial charge in [-0.15, -0.1) is 0 Å². The molecule has 0 N–H and O–H groups in total. The van der Waals surface area contributed by atoms with Crippen LogP contribution in [-0.2, 0) is 16.1 Å². The number of carbonyl (C=O) groups excluding carboxylic acids is 1. The summed E-state index contributed by atoms with van der Waals surface area (Å²) in [4.78, 5) is 14.0. The van der Waals surface area contributed by atoms with E-state index in [2.05, 4.69) is 0 Å². The summed E-state index contributed by atoms with van der Waals surface area (Å²) >= 11 is 0. The predicted octanol–water partition coefficient (Wildman–Crippen LogP) is 3.02. The summed E-state index contributed by atoms with van der Waals surface area (Å²) in [6, 6.07) is 3.92. The molecule has 1 aromatic carbocycles. The first-order chi connectivity index (χ1) is 10.1. The SMILES string of the molecule is O=C(C[C@H]1CCCO1)N(Cc1c(F)cccc1F)C1CC1. The van der Waals surface area contributed by atoms with Crippen LogP contribution in [0.15, 0.2) is 18.2 Å². The van der Waals surface area contributed by atoms with Gasteiger partial charge >= 0.3 is 0 Å². The van der Waals surface area contributed by atoms with Crippen LogP contribution < -0.4 is 0 Å². The standard InChI is InChI=1S/C16H19F2NO2/c17-14-4-1-5-15(18)13(14)10-19(11-6-7-11)16(20)9-12-3-2-8-21-12/h1,4-5,11-12H,2-3,6-10H2/t12-/m1/s1. The lowest BCUT2D eigenvalue weighted by molar-refractivity contribution is -0.134. The second-order valence-corrected chi connectivity index (χ2v) is 5.79. The van der Waals surface area contributed by atoms with Crippen molar-refractivity contribution in [1.82, 2.24) is 4.90 Å². The maximum Gasteiger partial charge on any atom is 0.225 e. The minimum absolute atomic E-state index is 0.00866. The molecule has 1 aliphatic heterocycles. The molecule has 1 aromatic rings. The Labute approximate surface area is 122 Å². The van der Waals surface area contributed by atoms with E-state index in [0.29, 0.717) is 13.0 Å². The molecule has 3 rings (SSSR count). The number of hydrogen-bond donors (Lipinski definition) is 0. The van der Waals surface area contributed by atoms with Gasteiger partial charge in [-0.1, -0.05) is 6.07 Å². The van der Waals surface area contributed by atoms with Crippen LogP contribution in [0.25, 0.3) is 0 Å². The quantitative estimate of drug-likeness (QED) is 0.835. The minimum Gasteiger partial charge on any atom is -0.378 e. The van der Waals surface area contributed by atoms with Gasteiger partial charge in [-0.25, -0.2) is 8.78 Å². The number of amides is 1. The number of ether oxygens (including phenoxy) is 1. The highest BCUT2D eigenvalue weighted by Gasteiger charge is 2.34. The first-order valence-electron chi connectivity index (χ1n) is 7.49. The molecule has 1 saturated heterocycles. The van der Waals surface area contributed by atoms with Gasteiger partial charge in [0.05, 0.1) is 19.1 Å². The van der Waals surface area contributed by atoms with Crippen molar-refractivity contribution >= 4 is 5.91 Å². The first-order valence-corrected chi connectivity index (χ1v) is 7.49. The summed E-state index contributed by atoms with van der Waals surface area (Å²) in [5.74, 6) is -1.25. The molecule has 0 spiro atoms. The summed E-state index contributed by atoms with van der Waals surface area (Å²) in [7, 11) is 0. The van der Waals surface area contributed by atoms with E-state index in [0.717, 1.165) is 25.7 Å². The van der Waals surface area contributed by atoms with E-state index >= 15 is 0 Å². The number of carbonyl (C=O) groups is 1. The fourth-order valence-corrected chi connectivity index (χ4v) is 2.78. The minimum atomic E-state index is -0.592. The highest BCUT2D eigenvalue weighted by Crippen LogP contribution is 2.31. The third kappa shape index (κ3) is 3.40. The van der Waals surface area contributed by atoms with Crippen molar-refractivity contribution in [1.29, 1.82) is 0 Å². The largest absolute Gasteiger partial charge is 0.378 e. The Morgan fingerprint density at radius 3 is 2.52 bits per heavy atom. The van der Waals surface area contributed by atoms with E-state index in [1.165, 1.54) is 18.2 Å². The smallest absolute Gasteiger partial charge is 0.225 e. The van der Waals surface area contributed by atoms with Gasteiger partial charge in [-0.05, 0) is 37.8 Å². The average Bonchev–Trinajstić information content (AvgIpc) is 3.16. The van der Waals surface area contributed by atoms with Gasteiger partial charge in [0.1, 0.15) is 11.6 Å². The topological polar surface area (TPSA) is 29.5 Å². The molecule has 21 heavy (non-hydrogen) atoms. The number of halogens is 2. The molecule has 114 valence electrons. The van der Waals surface area contributed by atoms with Crippen LogP contribution in [0, 0.1) is 11.6 Å². The maximum absolute atomic E-state index is 13.8. The average molecular weight is 295 g/mol. The van der Waals surface area contributed by atoms with Crippen LogP contribution in [0.4, 0.5) is 8.78 Å². The Hall–Kier alpha value is -1.49. The molecule has 2 fully saturated rings. The maximum atomic E-state index is 13.8. The zero-order valence-electron chi connectivity index (χ0n) is 11.9. The Balaban J connectivity index is 1.71. The number of rotatable bonds is 5. The van der Waals surface area contributed by atoms with Crippen LogP contribution in [0.1, 0.15) is 37.7 Å². The van der Waals surface area contributed by atoms with E-state index < -0.39 is 11.6 Å². The number of nitrogens with zero attached hydrogens (tertiary/aromatic N) is 1. The van der Waals surface area contributed by atoms with Crippen molar-refractivity contribution in [2.75, 3.05) is 6.61 Å². The summed E-state index contributed by atoms with van der Waals surface area (Å²) in [5, 5.41) is 0. The first kappa shape index (κ1) is 14.4. The van der Waals surface area contributed by atoms with Crippen LogP contribution in [0.3, 0.4) is 0 Å². The van der Waals surface area contributed by atoms with Crippen LogP contribution in [0.5, 0.6) is 0 Å². The van der Waals surface area contributed by atoms with Crippen molar-refractivity contribution in [3.05, 3.63) is 35.4 Å². The van der Waals surface area contributed by atoms with Gasteiger partial charge in [-0.2, -0.15) is 0 Å². The van der Waals surface area contributed by atoms with Crippen molar-refractivity contribution in [3.8, 4) is 0 Å². The monoisotopic (exact) mass is 295 g/mol. The molecular weight excluding hydrogens is 276 g/mol. The molecule has 5 heteroatoms. The molecule has 3 nitrogen and oxygen atoms in total. The lowest BCUT2D eigenvalue weighted by atomic mass is 10.1. The Morgan fingerprint density at radius 1 is 1.24 bits per heavy atom. The highest BCUT2D eigenvalue weighted by molar-refractivity contribution is 5.77. The molecule has 1 heterocycles. The second kappa shape index (κ2) is 6.10. The zero-order chi connectivity index (χ0) is 14.8. The van der Waals surface area contributed by atoms with E-state index in [4.69, 9.17) is 4.74 Å². The van der Waals surface area contributed by atoms with Crippen LogP contribution >= 0.6 is 0 Å². The van der Waals surface area contributed by atoms with Gasteiger partial charge < -0.3 is 9.64 Å². The molecule has 1 atom stereocenters. The van der Waals surface area contributed by atoms with Gasteiger partial charge in [0.15, 0.2) is 0 Å². The Kier molecular flexibility index (Phi) is 4.19. The lowest BCUT2D eigenvalue weighted by Gasteiger charge is -2.24. The molecule has 2 aliphatic rings. The third-order valence-electron chi connectivity index (χ3n) is 4.12. The summed E-state index contributed by atoms with van der Waals surface area (Å²) in [6.45, 7) is 0.706. The second-order valence-electron chi connectivity index (χ2n) is 5.79. The molecule has 0 bridgehead atoms. The van der Waals surface area contributed by atoms with Crippen LogP contribution in [0.2, 0.25) is 0 Å². The molecule has 1 aliphatic carbocycles. The Bertz CT molecular complexity index is 505. The number of hydrogen-bond acceptors (Lipinski definition) is 2. The fraction of sp³-hybridized carbons (Fsp3) is 0.562.